The summed E-state index contributed by atoms with van der Waals surface area (Å²) in [5.41, 5.74) is 2.93. The Hall–Kier alpha value is -1.15. The van der Waals surface area contributed by atoms with Crippen LogP contribution in [-0.2, 0) is 0 Å². The summed E-state index contributed by atoms with van der Waals surface area (Å²) < 4.78 is 13.4. The van der Waals surface area contributed by atoms with E-state index < -0.39 is 0 Å². The van der Waals surface area contributed by atoms with Gasteiger partial charge in [-0.2, -0.15) is 0 Å². The average molecular weight is 235 g/mol. The third kappa shape index (κ3) is 4.70. The second-order valence-electron chi connectivity index (χ2n) is 4.70. The highest BCUT2D eigenvalue weighted by atomic mass is 19.1. The van der Waals surface area contributed by atoms with E-state index >= 15 is 0 Å². The quantitative estimate of drug-likeness (QED) is 0.815. The highest BCUT2D eigenvalue weighted by Crippen LogP contribution is 2.13. The third-order valence-corrected chi connectivity index (χ3v) is 2.76. The van der Waals surface area contributed by atoms with Crippen molar-refractivity contribution in [1.29, 1.82) is 0 Å². The second kappa shape index (κ2) is 6.55. The van der Waals surface area contributed by atoms with Crippen LogP contribution in [0.15, 0.2) is 23.8 Å². The Balaban J connectivity index is 2.79. The summed E-state index contributed by atoms with van der Waals surface area (Å²) in [6.07, 6.45) is 3.05. The van der Waals surface area contributed by atoms with E-state index in [2.05, 4.69) is 32.2 Å². The molecule has 0 unspecified atom stereocenters. The van der Waals surface area contributed by atoms with E-state index in [9.17, 15) is 4.39 Å². The number of nitrogens with one attached hydrogen (secondary N) is 1. The Kier molecular flexibility index (Phi) is 5.36. The first kappa shape index (κ1) is 13.9. The fourth-order valence-electron chi connectivity index (χ4n) is 1.55. The molecule has 0 aliphatic carbocycles. The van der Waals surface area contributed by atoms with Gasteiger partial charge in [0.05, 0.1) is 0 Å². The molecule has 0 aromatic heterocycles. The topological polar surface area (TPSA) is 12.0 Å². The first-order chi connectivity index (χ1) is 8.02. The van der Waals surface area contributed by atoms with E-state index in [0.29, 0.717) is 11.6 Å². The van der Waals surface area contributed by atoms with Crippen molar-refractivity contribution in [3.8, 4) is 0 Å². The lowest BCUT2D eigenvalue weighted by Crippen LogP contribution is -2.24. The van der Waals surface area contributed by atoms with Gasteiger partial charge in [-0.1, -0.05) is 44.6 Å². The number of rotatable bonds is 5. The van der Waals surface area contributed by atoms with Crippen LogP contribution in [0.25, 0.3) is 6.08 Å². The second-order valence-corrected chi connectivity index (χ2v) is 4.70. The molecule has 0 saturated heterocycles. The number of hydrogen-bond acceptors (Lipinski definition) is 1. The van der Waals surface area contributed by atoms with E-state index in [-0.39, 0.29) is 5.82 Å². The lowest BCUT2D eigenvalue weighted by atomic mass is 10.1. The normalized spacial score (nSPS) is 12.2. The Bertz CT molecular complexity index is 394. The fourth-order valence-corrected chi connectivity index (χ4v) is 1.55. The Morgan fingerprint density at radius 3 is 2.65 bits per heavy atom. The SMILES string of the molecule is CCC(=Cc1ccc(C)c(F)c1)CNC(C)C. The van der Waals surface area contributed by atoms with Gasteiger partial charge in [-0.05, 0) is 30.5 Å². The number of benzene rings is 1. The van der Waals surface area contributed by atoms with Gasteiger partial charge in [0, 0.05) is 12.6 Å². The molecule has 0 aliphatic heterocycles. The molecule has 1 aromatic rings. The van der Waals surface area contributed by atoms with Crippen LogP contribution in [0.2, 0.25) is 0 Å². The molecular formula is C15H22FN. The Morgan fingerprint density at radius 1 is 1.41 bits per heavy atom. The molecule has 0 fully saturated rings. The van der Waals surface area contributed by atoms with Gasteiger partial charge in [0.15, 0.2) is 0 Å². The zero-order valence-corrected chi connectivity index (χ0v) is 11.2. The molecule has 0 bridgehead atoms. The van der Waals surface area contributed by atoms with Crippen molar-refractivity contribution < 1.29 is 4.39 Å². The van der Waals surface area contributed by atoms with Crippen LogP contribution >= 0.6 is 0 Å². The summed E-state index contributed by atoms with van der Waals surface area (Å²) in [5.74, 6) is -0.133. The summed E-state index contributed by atoms with van der Waals surface area (Å²) in [5, 5.41) is 3.38. The number of aryl methyl sites for hydroxylation is 1. The fraction of sp³-hybridized carbons (Fsp3) is 0.467. The molecule has 1 rings (SSSR count). The zero-order valence-electron chi connectivity index (χ0n) is 11.2. The van der Waals surface area contributed by atoms with Crippen LogP contribution < -0.4 is 5.32 Å². The van der Waals surface area contributed by atoms with Gasteiger partial charge in [0.2, 0.25) is 0 Å². The summed E-state index contributed by atoms with van der Waals surface area (Å²) in [4.78, 5) is 0. The minimum absolute atomic E-state index is 0.133. The zero-order chi connectivity index (χ0) is 12.8. The number of halogens is 1. The molecule has 94 valence electrons. The Morgan fingerprint density at radius 2 is 2.12 bits per heavy atom. The molecule has 1 aromatic carbocycles. The maximum Gasteiger partial charge on any atom is 0.126 e. The van der Waals surface area contributed by atoms with Crippen LogP contribution in [0.3, 0.4) is 0 Å². The molecule has 1 N–H and O–H groups in total. The first-order valence-corrected chi connectivity index (χ1v) is 6.22. The molecule has 0 radical (unpaired) electrons. The van der Waals surface area contributed by atoms with E-state index in [1.54, 1.807) is 13.0 Å². The number of hydrogen-bond donors (Lipinski definition) is 1. The summed E-state index contributed by atoms with van der Waals surface area (Å²) in [6, 6.07) is 5.86. The van der Waals surface area contributed by atoms with Crippen molar-refractivity contribution >= 4 is 6.08 Å². The minimum Gasteiger partial charge on any atom is -0.311 e. The highest BCUT2D eigenvalue weighted by molar-refractivity contribution is 5.53. The van der Waals surface area contributed by atoms with Gasteiger partial charge in [-0.25, -0.2) is 4.39 Å². The lowest BCUT2D eigenvalue weighted by molar-refractivity contribution is 0.615. The Labute approximate surface area is 104 Å². The maximum atomic E-state index is 13.4. The maximum absolute atomic E-state index is 13.4. The highest BCUT2D eigenvalue weighted by Gasteiger charge is 2.00. The van der Waals surface area contributed by atoms with Crippen molar-refractivity contribution in [1.82, 2.24) is 5.32 Å². The smallest absolute Gasteiger partial charge is 0.126 e. The van der Waals surface area contributed by atoms with E-state index in [1.165, 1.54) is 5.57 Å². The predicted molar refractivity (Wildman–Crippen MR) is 72.5 cm³/mol. The molecule has 0 atom stereocenters. The van der Waals surface area contributed by atoms with Crippen molar-refractivity contribution in [3.05, 3.63) is 40.7 Å². The van der Waals surface area contributed by atoms with Crippen molar-refractivity contribution in [2.45, 2.75) is 40.2 Å². The van der Waals surface area contributed by atoms with Gasteiger partial charge in [0.1, 0.15) is 5.82 Å². The lowest BCUT2D eigenvalue weighted by Gasteiger charge is -2.10. The van der Waals surface area contributed by atoms with Crippen molar-refractivity contribution in [2.24, 2.45) is 0 Å². The third-order valence-electron chi connectivity index (χ3n) is 2.76. The van der Waals surface area contributed by atoms with Crippen molar-refractivity contribution in [3.63, 3.8) is 0 Å². The molecule has 17 heavy (non-hydrogen) atoms. The van der Waals surface area contributed by atoms with Gasteiger partial charge >= 0.3 is 0 Å². The average Bonchev–Trinajstić information content (AvgIpc) is 2.28. The van der Waals surface area contributed by atoms with E-state index in [4.69, 9.17) is 0 Å². The van der Waals surface area contributed by atoms with Gasteiger partial charge in [0.25, 0.3) is 0 Å². The molecule has 1 nitrogen and oxygen atoms in total. The summed E-state index contributed by atoms with van der Waals surface area (Å²) in [6.45, 7) is 9.02. The van der Waals surface area contributed by atoms with Crippen LogP contribution in [-0.4, -0.2) is 12.6 Å². The van der Waals surface area contributed by atoms with E-state index in [1.807, 2.05) is 12.1 Å². The molecule has 0 saturated carbocycles. The molecule has 0 heterocycles. The molecule has 0 aliphatic rings. The van der Waals surface area contributed by atoms with Gasteiger partial charge < -0.3 is 5.32 Å². The standard InChI is InChI=1S/C15H22FN/c1-5-13(10-17-11(2)3)8-14-7-6-12(4)15(16)9-14/h6-9,11,17H,5,10H2,1-4H3. The summed E-state index contributed by atoms with van der Waals surface area (Å²) >= 11 is 0. The molecular weight excluding hydrogens is 213 g/mol. The van der Waals surface area contributed by atoms with Crippen LogP contribution in [0.1, 0.15) is 38.3 Å². The largest absolute Gasteiger partial charge is 0.311 e. The predicted octanol–water partition coefficient (Wildman–Crippen LogP) is 3.93. The van der Waals surface area contributed by atoms with Crippen molar-refractivity contribution in [2.75, 3.05) is 6.54 Å². The van der Waals surface area contributed by atoms with Gasteiger partial charge in [-0.15, -0.1) is 0 Å². The monoisotopic (exact) mass is 235 g/mol. The van der Waals surface area contributed by atoms with Crippen LogP contribution in [0.5, 0.6) is 0 Å². The van der Waals surface area contributed by atoms with Gasteiger partial charge in [-0.3, -0.25) is 0 Å². The first-order valence-electron chi connectivity index (χ1n) is 6.22. The van der Waals surface area contributed by atoms with Crippen LogP contribution in [0.4, 0.5) is 4.39 Å². The van der Waals surface area contributed by atoms with E-state index in [0.717, 1.165) is 18.5 Å². The molecule has 0 spiro atoms. The summed E-state index contributed by atoms with van der Waals surface area (Å²) in [7, 11) is 0. The molecule has 0 amide bonds. The van der Waals surface area contributed by atoms with Crippen LogP contribution in [0, 0.1) is 12.7 Å². The molecule has 2 heteroatoms. The minimum atomic E-state index is -0.133.